The predicted molar refractivity (Wildman–Crippen MR) is 130 cm³/mol. The van der Waals surface area contributed by atoms with Gasteiger partial charge in [0.2, 0.25) is 11.8 Å². The third kappa shape index (κ3) is 4.98. The number of imide groups is 1. The summed E-state index contributed by atoms with van der Waals surface area (Å²) in [5.74, 6) is 0.300. The summed E-state index contributed by atoms with van der Waals surface area (Å²) in [6, 6.07) is 8.99. The standard InChI is InChI=1S/C27H30N4O4/c1-2-20-7-6-19(14-28-20)15-30-12-10-18(11-13-30)17-35-24-5-3-4-21-22(24)16-31(27(21)34)23-8-9-25(32)29-26(23)33/h2-7,14,18,23H,1,8-13,15-17H2,(H,29,32,33). The van der Waals surface area contributed by atoms with E-state index in [9.17, 15) is 14.4 Å². The summed E-state index contributed by atoms with van der Waals surface area (Å²) in [6.07, 6.45) is 6.37. The van der Waals surface area contributed by atoms with Gasteiger partial charge in [0.15, 0.2) is 0 Å². The van der Waals surface area contributed by atoms with Gasteiger partial charge in [-0.15, -0.1) is 0 Å². The van der Waals surface area contributed by atoms with Crippen LogP contribution in [-0.4, -0.2) is 58.2 Å². The van der Waals surface area contributed by atoms with Crippen molar-refractivity contribution in [2.24, 2.45) is 5.92 Å². The smallest absolute Gasteiger partial charge is 0.255 e. The van der Waals surface area contributed by atoms with Crippen LogP contribution in [0.25, 0.3) is 6.08 Å². The van der Waals surface area contributed by atoms with Crippen molar-refractivity contribution < 1.29 is 19.1 Å². The van der Waals surface area contributed by atoms with Crippen molar-refractivity contribution in [2.45, 2.75) is 44.8 Å². The first-order valence-electron chi connectivity index (χ1n) is 12.2. The number of hydrogen-bond acceptors (Lipinski definition) is 6. The number of ether oxygens (including phenoxy) is 1. The fourth-order valence-electron chi connectivity index (χ4n) is 5.12. The Labute approximate surface area is 205 Å². The summed E-state index contributed by atoms with van der Waals surface area (Å²) in [4.78, 5) is 45.2. The number of likely N-dealkylation sites (tertiary alicyclic amines) is 1. The first kappa shape index (κ1) is 23.2. The molecule has 3 aliphatic rings. The lowest BCUT2D eigenvalue weighted by Crippen LogP contribution is -2.52. The third-order valence-electron chi connectivity index (χ3n) is 7.18. The second-order valence-corrected chi connectivity index (χ2v) is 9.51. The molecule has 4 heterocycles. The Balaban J connectivity index is 1.15. The largest absolute Gasteiger partial charge is 0.493 e. The van der Waals surface area contributed by atoms with Gasteiger partial charge in [0.1, 0.15) is 11.8 Å². The molecule has 1 atom stereocenters. The van der Waals surface area contributed by atoms with Crippen molar-refractivity contribution in [2.75, 3.05) is 19.7 Å². The molecule has 2 aromatic rings. The molecule has 8 nitrogen and oxygen atoms in total. The molecule has 1 N–H and O–H groups in total. The van der Waals surface area contributed by atoms with Gasteiger partial charge in [0.25, 0.3) is 5.91 Å². The van der Waals surface area contributed by atoms with E-state index in [-0.39, 0.29) is 18.2 Å². The Kier molecular flexibility index (Phi) is 6.63. The van der Waals surface area contributed by atoms with Crippen LogP contribution in [0.3, 0.4) is 0 Å². The Morgan fingerprint density at radius 1 is 1.11 bits per heavy atom. The molecular weight excluding hydrogens is 444 g/mol. The molecule has 35 heavy (non-hydrogen) atoms. The summed E-state index contributed by atoms with van der Waals surface area (Å²) >= 11 is 0. The average Bonchev–Trinajstić information content (AvgIpc) is 3.21. The molecule has 0 bridgehead atoms. The van der Waals surface area contributed by atoms with Crippen LogP contribution in [0, 0.1) is 5.92 Å². The van der Waals surface area contributed by atoms with Crippen LogP contribution in [0.15, 0.2) is 43.1 Å². The summed E-state index contributed by atoms with van der Waals surface area (Å²) in [5, 5.41) is 2.35. The van der Waals surface area contributed by atoms with E-state index in [1.54, 1.807) is 17.0 Å². The van der Waals surface area contributed by atoms with Gasteiger partial charge < -0.3 is 9.64 Å². The maximum Gasteiger partial charge on any atom is 0.255 e. The first-order valence-corrected chi connectivity index (χ1v) is 12.2. The number of nitrogens with zero attached hydrogens (tertiary/aromatic N) is 3. The van der Waals surface area contributed by atoms with Gasteiger partial charge >= 0.3 is 0 Å². The number of benzene rings is 1. The zero-order valence-electron chi connectivity index (χ0n) is 19.7. The predicted octanol–water partition coefficient (Wildman–Crippen LogP) is 2.78. The lowest BCUT2D eigenvalue weighted by Gasteiger charge is -2.32. The summed E-state index contributed by atoms with van der Waals surface area (Å²) in [6.45, 7) is 7.58. The topological polar surface area (TPSA) is 91.8 Å². The third-order valence-corrected chi connectivity index (χ3v) is 7.18. The molecular formula is C27H30N4O4. The highest BCUT2D eigenvalue weighted by molar-refractivity contribution is 6.05. The highest BCUT2D eigenvalue weighted by Crippen LogP contribution is 2.34. The summed E-state index contributed by atoms with van der Waals surface area (Å²) in [5.41, 5.74) is 3.50. The molecule has 0 spiro atoms. The maximum atomic E-state index is 13.0. The second-order valence-electron chi connectivity index (χ2n) is 9.51. The fourth-order valence-corrected chi connectivity index (χ4v) is 5.12. The Morgan fingerprint density at radius 3 is 2.66 bits per heavy atom. The van der Waals surface area contributed by atoms with Crippen LogP contribution in [0.2, 0.25) is 0 Å². The van der Waals surface area contributed by atoms with E-state index >= 15 is 0 Å². The molecule has 0 saturated carbocycles. The van der Waals surface area contributed by atoms with E-state index < -0.39 is 11.9 Å². The van der Waals surface area contributed by atoms with Crippen molar-refractivity contribution in [1.29, 1.82) is 0 Å². The van der Waals surface area contributed by atoms with Crippen molar-refractivity contribution in [3.8, 4) is 5.75 Å². The molecule has 0 aliphatic carbocycles. The molecule has 1 aromatic carbocycles. The van der Waals surface area contributed by atoms with Gasteiger partial charge in [-0.3, -0.25) is 29.6 Å². The lowest BCUT2D eigenvalue weighted by atomic mass is 9.97. The molecule has 1 unspecified atom stereocenters. The molecule has 2 fully saturated rings. The Morgan fingerprint density at radius 2 is 1.94 bits per heavy atom. The van der Waals surface area contributed by atoms with E-state index in [4.69, 9.17) is 4.74 Å². The van der Waals surface area contributed by atoms with Crippen molar-refractivity contribution in [3.63, 3.8) is 0 Å². The number of rotatable bonds is 7. The van der Waals surface area contributed by atoms with Crippen molar-refractivity contribution in [1.82, 2.24) is 20.1 Å². The van der Waals surface area contributed by atoms with Gasteiger partial charge in [0.05, 0.1) is 18.8 Å². The van der Waals surface area contributed by atoms with Crippen LogP contribution in [0.1, 0.15) is 52.9 Å². The number of hydrogen-bond donors (Lipinski definition) is 1. The van der Waals surface area contributed by atoms with E-state index in [1.807, 2.05) is 24.4 Å². The molecule has 5 rings (SSSR count). The first-order chi connectivity index (χ1) is 17.0. The normalized spacial score (nSPS) is 21.1. The number of amides is 3. The lowest BCUT2D eigenvalue weighted by molar-refractivity contribution is -0.136. The van der Waals surface area contributed by atoms with E-state index in [0.717, 1.165) is 43.7 Å². The minimum atomic E-state index is -0.618. The molecule has 2 saturated heterocycles. The monoisotopic (exact) mass is 474 g/mol. The van der Waals surface area contributed by atoms with Crippen molar-refractivity contribution >= 4 is 23.8 Å². The van der Waals surface area contributed by atoms with Crippen LogP contribution in [-0.2, 0) is 22.7 Å². The van der Waals surface area contributed by atoms with Crippen LogP contribution >= 0.6 is 0 Å². The highest BCUT2D eigenvalue weighted by atomic mass is 16.5. The molecule has 182 valence electrons. The summed E-state index contributed by atoms with van der Waals surface area (Å²) in [7, 11) is 0. The molecule has 3 aliphatic heterocycles. The molecule has 8 heteroatoms. The van der Waals surface area contributed by atoms with E-state index in [1.165, 1.54) is 5.56 Å². The van der Waals surface area contributed by atoms with E-state index in [0.29, 0.717) is 36.8 Å². The second kappa shape index (κ2) is 10.00. The molecule has 3 amide bonds. The average molecular weight is 475 g/mol. The zero-order chi connectivity index (χ0) is 24.4. The SMILES string of the molecule is C=Cc1ccc(CN2CCC(COc3cccc4c3CN(C3CCC(=O)NC3=O)C4=O)CC2)cn1. The maximum absolute atomic E-state index is 13.0. The number of aromatic nitrogens is 1. The zero-order valence-corrected chi connectivity index (χ0v) is 19.7. The highest BCUT2D eigenvalue weighted by Gasteiger charge is 2.40. The number of piperidine rings is 2. The quantitative estimate of drug-likeness (QED) is 0.621. The van der Waals surface area contributed by atoms with Gasteiger partial charge in [-0.1, -0.05) is 18.7 Å². The van der Waals surface area contributed by atoms with Gasteiger partial charge in [0, 0.05) is 30.3 Å². The fraction of sp³-hybridized carbons (Fsp3) is 0.407. The number of carbonyl (C=O) groups is 3. The van der Waals surface area contributed by atoms with Crippen molar-refractivity contribution in [3.05, 3.63) is 65.5 Å². The number of nitrogens with one attached hydrogen (secondary N) is 1. The van der Waals surface area contributed by atoms with Crippen LogP contribution in [0.5, 0.6) is 5.75 Å². The Hall–Kier alpha value is -3.52. The van der Waals surface area contributed by atoms with Gasteiger partial charge in [-0.25, -0.2) is 0 Å². The minimum Gasteiger partial charge on any atom is -0.493 e. The van der Waals surface area contributed by atoms with Crippen LogP contribution < -0.4 is 10.1 Å². The molecule has 0 radical (unpaired) electrons. The number of carbonyl (C=O) groups excluding carboxylic acids is 3. The number of fused-ring (bicyclic) bond motifs is 1. The molecule has 1 aromatic heterocycles. The minimum absolute atomic E-state index is 0.177. The van der Waals surface area contributed by atoms with Crippen LogP contribution in [0.4, 0.5) is 0 Å². The number of pyridine rings is 1. The Bertz CT molecular complexity index is 1140. The van der Waals surface area contributed by atoms with Gasteiger partial charge in [-0.2, -0.15) is 0 Å². The van der Waals surface area contributed by atoms with E-state index in [2.05, 4.69) is 27.8 Å². The summed E-state index contributed by atoms with van der Waals surface area (Å²) < 4.78 is 6.22. The van der Waals surface area contributed by atoms with Gasteiger partial charge in [-0.05, 0) is 68.1 Å².